The van der Waals surface area contributed by atoms with Gasteiger partial charge in [0.15, 0.2) is 0 Å². The summed E-state index contributed by atoms with van der Waals surface area (Å²) >= 11 is 0. The second kappa shape index (κ2) is 6.66. The third-order valence-corrected chi connectivity index (χ3v) is 2.74. The van der Waals surface area contributed by atoms with Crippen LogP contribution in [-0.4, -0.2) is 26.4 Å². The van der Waals surface area contributed by atoms with Crippen LogP contribution in [0.3, 0.4) is 0 Å². The molecule has 0 N–H and O–H groups in total. The quantitative estimate of drug-likeness (QED) is 0.625. The molecule has 16 heavy (non-hydrogen) atoms. The predicted molar refractivity (Wildman–Crippen MR) is 63.3 cm³/mol. The number of hydrogen-bond acceptors (Lipinski definition) is 2. The second-order valence-corrected chi connectivity index (χ2v) is 4.29. The average molecular weight is 219 g/mol. The fourth-order valence-electron chi connectivity index (χ4n) is 1.53. The van der Waals surface area contributed by atoms with Gasteiger partial charge in [0.1, 0.15) is 0 Å². The standard InChI is InChI=1S/C14H19O2/c1-2-4-13(5-3-1)8-9-15-10-11-16-12-14-6-7-14/h2-5,14H,6-12H2. The molecule has 1 aromatic carbocycles. The van der Waals surface area contributed by atoms with Crippen LogP contribution in [-0.2, 0) is 15.9 Å². The first-order valence-electron chi connectivity index (χ1n) is 6.05. The Morgan fingerprint density at radius 3 is 2.56 bits per heavy atom. The summed E-state index contributed by atoms with van der Waals surface area (Å²) in [6.45, 7) is 3.15. The Balaban J connectivity index is 1.42. The number of rotatable bonds is 8. The van der Waals surface area contributed by atoms with Crippen molar-refractivity contribution in [3.8, 4) is 0 Å². The lowest BCUT2D eigenvalue weighted by Gasteiger charge is -2.05. The Kier molecular flexibility index (Phi) is 4.84. The molecule has 1 aliphatic rings. The molecule has 1 aliphatic carbocycles. The monoisotopic (exact) mass is 219 g/mol. The van der Waals surface area contributed by atoms with Crippen molar-refractivity contribution in [2.75, 3.05) is 26.4 Å². The molecule has 0 amide bonds. The van der Waals surface area contributed by atoms with Gasteiger partial charge in [-0.1, -0.05) is 24.3 Å². The molecule has 2 heteroatoms. The molecule has 0 spiro atoms. The molecular formula is C14H19O2. The van der Waals surface area contributed by atoms with Crippen LogP contribution in [0, 0.1) is 12.0 Å². The Labute approximate surface area is 97.6 Å². The molecule has 1 aromatic rings. The van der Waals surface area contributed by atoms with Crippen LogP contribution >= 0.6 is 0 Å². The maximum absolute atomic E-state index is 5.50. The van der Waals surface area contributed by atoms with E-state index in [9.17, 15) is 0 Å². The largest absolute Gasteiger partial charge is 0.379 e. The van der Waals surface area contributed by atoms with E-state index in [0.29, 0.717) is 6.61 Å². The molecule has 0 aliphatic heterocycles. The third-order valence-electron chi connectivity index (χ3n) is 2.74. The van der Waals surface area contributed by atoms with E-state index in [1.54, 1.807) is 0 Å². The van der Waals surface area contributed by atoms with E-state index >= 15 is 0 Å². The fraction of sp³-hybridized carbons (Fsp3) is 0.571. The smallest absolute Gasteiger partial charge is 0.0700 e. The summed E-state index contributed by atoms with van der Waals surface area (Å²) in [4.78, 5) is 0. The van der Waals surface area contributed by atoms with Crippen molar-refractivity contribution in [2.24, 2.45) is 5.92 Å². The van der Waals surface area contributed by atoms with Crippen LogP contribution in [0.15, 0.2) is 24.3 Å². The summed E-state index contributed by atoms with van der Waals surface area (Å²) in [6, 6.07) is 11.0. The maximum Gasteiger partial charge on any atom is 0.0700 e. The average Bonchev–Trinajstić information content (AvgIpc) is 3.13. The Morgan fingerprint density at radius 1 is 1.06 bits per heavy atom. The fourth-order valence-corrected chi connectivity index (χ4v) is 1.53. The van der Waals surface area contributed by atoms with Gasteiger partial charge in [0.25, 0.3) is 0 Å². The van der Waals surface area contributed by atoms with Crippen molar-refractivity contribution in [1.29, 1.82) is 0 Å². The lowest BCUT2D eigenvalue weighted by Crippen LogP contribution is -2.08. The first kappa shape index (κ1) is 11.6. The first-order chi connectivity index (χ1) is 7.95. The van der Waals surface area contributed by atoms with Gasteiger partial charge in [-0.25, -0.2) is 0 Å². The van der Waals surface area contributed by atoms with Gasteiger partial charge < -0.3 is 9.47 Å². The van der Waals surface area contributed by atoms with E-state index in [1.165, 1.54) is 18.4 Å². The van der Waals surface area contributed by atoms with E-state index in [1.807, 2.05) is 12.1 Å². The zero-order valence-electron chi connectivity index (χ0n) is 9.65. The van der Waals surface area contributed by atoms with Crippen molar-refractivity contribution < 1.29 is 9.47 Å². The highest BCUT2D eigenvalue weighted by molar-refractivity contribution is 5.13. The summed E-state index contributed by atoms with van der Waals surface area (Å²) in [7, 11) is 0. The van der Waals surface area contributed by atoms with Crippen molar-refractivity contribution in [3.63, 3.8) is 0 Å². The third kappa shape index (κ3) is 4.77. The van der Waals surface area contributed by atoms with Crippen LogP contribution in [0.4, 0.5) is 0 Å². The molecule has 0 heterocycles. The summed E-state index contributed by atoms with van der Waals surface area (Å²) in [6.07, 6.45) is 3.68. The zero-order valence-corrected chi connectivity index (χ0v) is 9.65. The molecule has 0 unspecified atom stereocenters. The molecule has 0 bridgehead atoms. The normalized spacial score (nSPS) is 15.2. The van der Waals surface area contributed by atoms with Gasteiger partial charge in [0.2, 0.25) is 0 Å². The van der Waals surface area contributed by atoms with Crippen LogP contribution in [0.5, 0.6) is 0 Å². The van der Waals surface area contributed by atoms with Crippen LogP contribution in [0.1, 0.15) is 18.4 Å². The van der Waals surface area contributed by atoms with Gasteiger partial charge >= 0.3 is 0 Å². The summed E-state index contributed by atoms with van der Waals surface area (Å²) < 4.78 is 11.0. The summed E-state index contributed by atoms with van der Waals surface area (Å²) in [5.74, 6) is 0.848. The molecule has 87 valence electrons. The molecule has 0 atom stereocenters. The van der Waals surface area contributed by atoms with Gasteiger partial charge in [-0.2, -0.15) is 0 Å². The van der Waals surface area contributed by atoms with Gasteiger partial charge in [-0.3, -0.25) is 0 Å². The van der Waals surface area contributed by atoms with E-state index in [0.717, 1.165) is 32.2 Å². The highest BCUT2D eigenvalue weighted by atomic mass is 16.5. The van der Waals surface area contributed by atoms with Gasteiger partial charge in [0, 0.05) is 6.61 Å². The Hall–Kier alpha value is -0.860. The topological polar surface area (TPSA) is 18.5 Å². The highest BCUT2D eigenvalue weighted by Gasteiger charge is 2.20. The predicted octanol–water partition coefficient (Wildman–Crippen LogP) is 2.47. The minimum atomic E-state index is 0.714. The van der Waals surface area contributed by atoms with Crippen molar-refractivity contribution in [1.82, 2.24) is 0 Å². The molecule has 1 saturated carbocycles. The van der Waals surface area contributed by atoms with Crippen LogP contribution < -0.4 is 0 Å². The molecular weight excluding hydrogens is 200 g/mol. The summed E-state index contributed by atoms with van der Waals surface area (Å²) in [5.41, 5.74) is 1.30. The molecule has 2 rings (SSSR count). The van der Waals surface area contributed by atoms with Crippen molar-refractivity contribution in [3.05, 3.63) is 35.9 Å². The molecule has 1 radical (unpaired) electrons. The lowest BCUT2D eigenvalue weighted by atomic mass is 10.2. The van der Waals surface area contributed by atoms with Gasteiger partial charge in [-0.05, 0) is 36.8 Å². The van der Waals surface area contributed by atoms with E-state index < -0.39 is 0 Å². The van der Waals surface area contributed by atoms with Gasteiger partial charge in [-0.15, -0.1) is 0 Å². The SMILES string of the molecule is [c]1ccc(CCOCCOCC2CC2)cc1. The second-order valence-electron chi connectivity index (χ2n) is 4.29. The molecule has 1 fully saturated rings. The molecule has 0 aromatic heterocycles. The lowest BCUT2D eigenvalue weighted by molar-refractivity contribution is 0.0448. The van der Waals surface area contributed by atoms with E-state index in [2.05, 4.69) is 18.2 Å². The molecule has 0 saturated heterocycles. The Bertz CT molecular complexity index is 280. The maximum atomic E-state index is 5.50. The molecule has 2 nitrogen and oxygen atoms in total. The Morgan fingerprint density at radius 2 is 1.81 bits per heavy atom. The minimum Gasteiger partial charge on any atom is -0.379 e. The van der Waals surface area contributed by atoms with E-state index in [-0.39, 0.29) is 0 Å². The van der Waals surface area contributed by atoms with E-state index in [4.69, 9.17) is 9.47 Å². The van der Waals surface area contributed by atoms with Crippen molar-refractivity contribution in [2.45, 2.75) is 19.3 Å². The summed E-state index contributed by atoms with van der Waals surface area (Å²) in [5, 5.41) is 0. The zero-order chi connectivity index (χ0) is 11.1. The number of hydrogen-bond donors (Lipinski definition) is 0. The number of benzene rings is 1. The minimum absolute atomic E-state index is 0.714. The van der Waals surface area contributed by atoms with Crippen molar-refractivity contribution >= 4 is 0 Å². The highest BCUT2D eigenvalue weighted by Crippen LogP contribution is 2.28. The first-order valence-corrected chi connectivity index (χ1v) is 6.05. The number of ether oxygens (including phenoxy) is 2. The van der Waals surface area contributed by atoms with Gasteiger partial charge in [0.05, 0.1) is 19.8 Å². The van der Waals surface area contributed by atoms with Crippen LogP contribution in [0.25, 0.3) is 0 Å². The van der Waals surface area contributed by atoms with Crippen LogP contribution in [0.2, 0.25) is 0 Å².